The Morgan fingerprint density at radius 3 is 2.47 bits per heavy atom. The summed E-state index contributed by atoms with van der Waals surface area (Å²) in [4.78, 5) is 0. The summed E-state index contributed by atoms with van der Waals surface area (Å²) >= 11 is 5.75. The molecule has 0 saturated carbocycles. The minimum Gasteiger partial charge on any atom is -0.392 e. The first-order valence-corrected chi connectivity index (χ1v) is 5.24. The molecule has 0 aliphatic rings. The number of hydrogen-bond donors (Lipinski definition) is 2. The van der Waals surface area contributed by atoms with Crippen molar-refractivity contribution in [3.8, 4) is 0 Å². The zero-order chi connectivity index (χ0) is 11.3. The summed E-state index contributed by atoms with van der Waals surface area (Å²) in [5.74, 6) is -0.0293. The van der Waals surface area contributed by atoms with Gasteiger partial charge in [0, 0.05) is 10.9 Å². The summed E-state index contributed by atoms with van der Waals surface area (Å²) in [6, 6.07) is 7.11. The van der Waals surface area contributed by atoms with Crippen LogP contribution < -0.4 is 0 Å². The molecule has 0 bridgehead atoms. The minimum absolute atomic E-state index is 0.00230. The van der Waals surface area contributed by atoms with Crippen LogP contribution in [0.15, 0.2) is 36.4 Å². The third kappa shape index (κ3) is 3.67. The van der Waals surface area contributed by atoms with Gasteiger partial charge in [-0.3, -0.25) is 0 Å². The lowest BCUT2D eigenvalue weighted by Crippen LogP contribution is -2.06. The van der Waals surface area contributed by atoms with E-state index in [1.807, 2.05) is 6.92 Å². The van der Waals surface area contributed by atoms with Crippen LogP contribution >= 0.6 is 11.6 Å². The summed E-state index contributed by atoms with van der Waals surface area (Å²) in [6.07, 6.45) is 2.85. The Balaban J connectivity index is 2.71. The quantitative estimate of drug-likeness (QED) is 0.775. The Morgan fingerprint density at radius 1 is 1.33 bits per heavy atom. The highest BCUT2D eigenvalue weighted by atomic mass is 35.5. The van der Waals surface area contributed by atoms with Gasteiger partial charge < -0.3 is 10.2 Å². The molecule has 15 heavy (non-hydrogen) atoms. The van der Waals surface area contributed by atoms with Crippen molar-refractivity contribution in [1.82, 2.24) is 0 Å². The average Bonchev–Trinajstić information content (AvgIpc) is 2.26. The van der Waals surface area contributed by atoms with E-state index in [1.165, 1.54) is 0 Å². The van der Waals surface area contributed by atoms with E-state index in [0.717, 1.165) is 5.56 Å². The first kappa shape index (κ1) is 12.2. The lowest BCUT2D eigenvalue weighted by Gasteiger charge is -2.15. The van der Waals surface area contributed by atoms with Crippen molar-refractivity contribution in [1.29, 1.82) is 0 Å². The van der Waals surface area contributed by atoms with Crippen molar-refractivity contribution in [2.75, 3.05) is 6.61 Å². The monoisotopic (exact) mass is 226 g/mol. The third-order valence-electron chi connectivity index (χ3n) is 2.25. The molecular formula is C12H15ClO2. The van der Waals surface area contributed by atoms with Gasteiger partial charge in [-0.15, -0.1) is 0 Å². The maximum Gasteiger partial charge on any atom is 0.0849 e. The standard InChI is InChI=1S/C12H15ClO2/c1-9(3-2-8-14)12(15)10-4-6-11(13)7-5-10/h2-7,9,12,14-15H,8H2,1H3/b3-2+/t9-,12-/m0/s1. The summed E-state index contributed by atoms with van der Waals surface area (Å²) in [5.41, 5.74) is 0.828. The van der Waals surface area contributed by atoms with Gasteiger partial charge in [0.25, 0.3) is 0 Å². The first-order chi connectivity index (χ1) is 7.15. The Hall–Kier alpha value is -0.830. The lowest BCUT2D eigenvalue weighted by molar-refractivity contribution is 0.139. The summed E-state index contributed by atoms with van der Waals surface area (Å²) in [5, 5.41) is 19.2. The van der Waals surface area contributed by atoms with Crippen LogP contribution in [0.1, 0.15) is 18.6 Å². The fraction of sp³-hybridized carbons (Fsp3) is 0.333. The van der Waals surface area contributed by atoms with Crippen molar-refractivity contribution in [3.63, 3.8) is 0 Å². The number of aliphatic hydroxyl groups is 2. The molecule has 82 valence electrons. The molecule has 0 amide bonds. The summed E-state index contributed by atoms with van der Waals surface area (Å²) < 4.78 is 0. The molecule has 1 aromatic rings. The molecule has 2 nitrogen and oxygen atoms in total. The number of hydrogen-bond acceptors (Lipinski definition) is 2. The highest BCUT2D eigenvalue weighted by Gasteiger charge is 2.13. The first-order valence-electron chi connectivity index (χ1n) is 4.86. The highest BCUT2D eigenvalue weighted by Crippen LogP contribution is 2.23. The van der Waals surface area contributed by atoms with E-state index in [0.29, 0.717) is 5.02 Å². The Bertz CT molecular complexity index is 319. The van der Waals surface area contributed by atoms with E-state index >= 15 is 0 Å². The van der Waals surface area contributed by atoms with Gasteiger partial charge in [-0.25, -0.2) is 0 Å². The van der Waals surface area contributed by atoms with E-state index in [9.17, 15) is 5.11 Å². The summed E-state index contributed by atoms with van der Waals surface area (Å²) in [7, 11) is 0. The molecule has 0 unspecified atom stereocenters. The van der Waals surface area contributed by atoms with E-state index in [2.05, 4.69) is 0 Å². The van der Waals surface area contributed by atoms with Gasteiger partial charge in [0.1, 0.15) is 0 Å². The maximum atomic E-state index is 9.93. The topological polar surface area (TPSA) is 40.5 Å². The molecular weight excluding hydrogens is 212 g/mol. The molecule has 3 heteroatoms. The van der Waals surface area contributed by atoms with Crippen LogP contribution in [0.25, 0.3) is 0 Å². The maximum absolute atomic E-state index is 9.93. The van der Waals surface area contributed by atoms with Gasteiger partial charge in [-0.05, 0) is 17.7 Å². The Labute approximate surface area is 94.8 Å². The molecule has 1 aromatic carbocycles. The largest absolute Gasteiger partial charge is 0.392 e. The molecule has 2 N–H and O–H groups in total. The number of benzene rings is 1. The smallest absolute Gasteiger partial charge is 0.0849 e. The van der Waals surface area contributed by atoms with Crippen LogP contribution in [0.4, 0.5) is 0 Å². The molecule has 1 rings (SSSR count). The second-order valence-electron chi connectivity index (χ2n) is 3.47. The molecule has 0 aliphatic heterocycles. The van der Waals surface area contributed by atoms with E-state index in [1.54, 1.807) is 36.4 Å². The molecule has 0 spiro atoms. The second-order valence-corrected chi connectivity index (χ2v) is 3.90. The van der Waals surface area contributed by atoms with Crippen LogP contribution in [0.5, 0.6) is 0 Å². The molecule has 2 atom stereocenters. The van der Waals surface area contributed by atoms with Crippen LogP contribution in [-0.2, 0) is 0 Å². The summed E-state index contributed by atoms with van der Waals surface area (Å²) in [6.45, 7) is 1.89. The number of halogens is 1. The molecule has 0 fully saturated rings. The average molecular weight is 227 g/mol. The predicted molar refractivity (Wildman–Crippen MR) is 61.8 cm³/mol. The fourth-order valence-electron chi connectivity index (χ4n) is 1.34. The Kier molecular flexibility index (Phi) is 4.82. The van der Waals surface area contributed by atoms with Crippen LogP contribution in [0.3, 0.4) is 0 Å². The zero-order valence-electron chi connectivity index (χ0n) is 8.60. The fourth-order valence-corrected chi connectivity index (χ4v) is 1.47. The number of rotatable bonds is 4. The molecule has 0 saturated heterocycles. The van der Waals surface area contributed by atoms with E-state index < -0.39 is 6.10 Å². The van der Waals surface area contributed by atoms with Gasteiger partial charge in [-0.2, -0.15) is 0 Å². The molecule has 0 aromatic heterocycles. The second kappa shape index (κ2) is 5.91. The van der Waals surface area contributed by atoms with Gasteiger partial charge in [0.05, 0.1) is 12.7 Å². The van der Waals surface area contributed by atoms with E-state index in [-0.39, 0.29) is 12.5 Å². The lowest BCUT2D eigenvalue weighted by atomic mass is 9.97. The van der Waals surface area contributed by atoms with Gasteiger partial charge >= 0.3 is 0 Å². The SMILES string of the molecule is C[C@@H](/C=C/CO)[C@H](O)c1ccc(Cl)cc1. The van der Waals surface area contributed by atoms with Crippen LogP contribution in [-0.4, -0.2) is 16.8 Å². The Morgan fingerprint density at radius 2 is 1.93 bits per heavy atom. The van der Waals surface area contributed by atoms with Crippen molar-refractivity contribution >= 4 is 11.6 Å². The van der Waals surface area contributed by atoms with Crippen LogP contribution in [0, 0.1) is 5.92 Å². The van der Waals surface area contributed by atoms with Crippen molar-refractivity contribution in [2.24, 2.45) is 5.92 Å². The van der Waals surface area contributed by atoms with Gasteiger partial charge in [-0.1, -0.05) is 42.8 Å². The molecule has 0 radical (unpaired) electrons. The van der Waals surface area contributed by atoms with Gasteiger partial charge in [0.15, 0.2) is 0 Å². The van der Waals surface area contributed by atoms with Crippen molar-refractivity contribution in [3.05, 3.63) is 47.0 Å². The normalized spacial score (nSPS) is 15.5. The van der Waals surface area contributed by atoms with Crippen molar-refractivity contribution < 1.29 is 10.2 Å². The van der Waals surface area contributed by atoms with Crippen LogP contribution in [0.2, 0.25) is 5.02 Å². The minimum atomic E-state index is -0.565. The van der Waals surface area contributed by atoms with E-state index in [4.69, 9.17) is 16.7 Å². The zero-order valence-corrected chi connectivity index (χ0v) is 9.35. The van der Waals surface area contributed by atoms with Gasteiger partial charge in [0.2, 0.25) is 0 Å². The molecule has 0 heterocycles. The molecule has 0 aliphatic carbocycles. The predicted octanol–water partition coefficient (Wildman–Crippen LogP) is 2.56. The third-order valence-corrected chi connectivity index (χ3v) is 2.51. The van der Waals surface area contributed by atoms with Crippen molar-refractivity contribution in [2.45, 2.75) is 13.0 Å². The number of aliphatic hydroxyl groups excluding tert-OH is 2. The highest BCUT2D eigenvalue weighted by molar-refractivity contribution is 6.30.